The second-order valence-corrected chi connectivity index (χ2v) is 6.91. The summed E-state index contributed by atoms with van der Waals surface area (Å²) in [5.74, 6) is 0.550. The van der Waals surface area contributed by atoms with E-state index in [9.17, 15) is 4.79 Å². The average molecular weight is 375 g/mol. The van der Waals surface area contributed by atoms with Crippen LogP contribution >= 0.6 is 11.6 Å². The van der Waals surface area contributed by atoms with E-state index in [1.165, 1.54) is 5.69 Å². The van der Waals surface area contributed by atoms with E-state index in [0.717, 1.165) is 29.1 Å². The largest absolute Gasteiger partial charge is 0.481 e. The minimum absolute atomic E-state index is 0.113. The number of nitrogens with zero attached hydrogens (tertiary/aromatic N) is 1. The van der Waals surface area contributed by atoms with Crippen LogP contribution in [0.1, 0.15) is 24.5 Å². The van der Waals surface area contributed by atoms with Crippen molar-refractivity contribution in [3.63, 3.8) is 0 Å². The molecule has 4 nitrogen and oxygen atoms in total. The highest BCUT2D eigenvalue weighted by atomic mass is 35.5. The molecule has 0 aliphatic carbocycles. The fourth-order valence-corrected chi connectivity index (χ4v) is 2.82. The highest BCUT2D eigenvalue weighted by Crippen LogP contribution is 2.26. The Morgan fingerprint density at radius 2 is 1.81 bits per heavy atom. The lowest BCUT2D eigenvalue weighted by molar-refractivity contribution is -0.127. The van der Waals surface area contributed by atoms with Gasteiger partial charge in [-0.05, 0) is 62.6 Å². The summed E-state index contributed by atoms with van der Waals surface area (Å²) in [5.41, 5.74) is 3.06. The van der Waals surface area contributed by atoms with Crippen molar-refractivity contribution in [2.45, 2.75) is 33.3 Å². The maximum absolute atomic E-state index is 12.2. The zero-order valence-corrected chi connectivity index (χ0v) is 16.6. The van der Waals surface area contributed by atoms with Crippen LogP contribution < -0.4 is 15.0 Å². The molecule has 2 aromatic rings. The molecule has 2 rings (SSSR count). The molecule has 26 heavy (non-hydrogen) atoms. The van der Waals surface area contributed by atoms with E-state index in [2.05, 4.69) is 22.3 Å². The van der Waals surface area contributed by atoms with Crippen molar-refractivity contribution in [3.05, 3.63) is 58.6 Å². The third-order valence-corrected chi connectivity index (χ3v) is 4.85. The molecule has 1 amide bonds. The maximum atomic E-state index is 12.2. The first-order chi connectivity index (χ1) is 12.4. The predicted octanol–water partition coefficient (Wildman–Crippen LogP) is 4.37. The second kappa shape index (κ2) is 9.48. The van der Waals surface area contributed by atoms with E-state index in [1.54, 1.807) is 6.92 Å². The average Bonchev–Trinajstić information content (AvgIpc) is 2.63. The first kappa shape index (κ1) is 20.1. The molecule has 0 aromatic heterocycles. The van der Waals surface area contributed by atoms with Crippen LogP contribution in [0.25, 0.3) is 0 Å². The summed E-state index contributed by atoms with van der Waals surface area (Å²) in [6.45, 7) is 7.09. The molecule has 0 radical (unpaired) electrons. The van der Waals surface area contributed by atoms with Gasteiger partial charge >= 0.3 is 0 Å². The predicted molar refractivity (Wildman–Crippen MR) is 108 cm³/mol. The molecule has 1 N–H and O–H groups in total. The number of halogens is 1. The number of anilines is 1. The zero-order chi connectivity index (χ0) is 19.1. The van der Waals surface area contributed by atoms with Gasteiger partial charge < -0.3 is 15.0 Å². The van der Waals surface area contributed by atoms with E-state index in [1.807, 2.05) is 51.2 Å². The van der Waals surface area contributed by atoms with E-state index in [0.29, 0.717) is 12.3 Å². The van der Waals surface area contributed by atoms with Crippen molar-refractivity contribution in [1.82, 2.24) is 5.32 Å². The van der Waals surface area contributed by atoms with Gasteiger partial charge in [0.15, 0.2) is 6.10 Å². The van der Waals surface area contributed by atoms with E-state index < -0.39 is 6.10 Å². The molecular weight excluding hydrogens is 348 g/mol. The second-order valence-electron chi connectivity index (χ2n) is 6.53. The van der Waals surface area contributed by atoms with Crippen LogP contribution in [0.5, 0.6) is 5.75 Å². The Hall–Kier alpha value is -2.20. The molecule has 1 atom stereocenters. The molecule has 0 saturated heterocycles. The first-order valence-electron chi connectivity index (χ1n) is 8.85. The number of hydrogen-bond acceptors (Lipinski definition) is 3. The van der Waals surface area contributed by atoms with Gasteiger partial charge in [0, 0.05) is 30.8 Å². The Kier molecular flexibility index (Phi) is 7.34. The fraction of sp³-hybridized carbons (Fsp3) is 0.381. The normalized spacial score (nSPS) is 11.7. The Morgan fingerprint density at radius 3 is 2.42 bits per heavy atom. The molecule has 2 aromatic carbocycles. The van der Waals surface area contributed by atoms with Crippen LogP contribution in [-0.2, 0) is 4.79 Å². The highest BCUT2D eigenvalue weighted by Gasteiger charge is 2.15. The molecule has 0 aliphatic heterocycles. The van der Waals surface area contributed by atoms with Crippen molar-refractivity contribution in [2.24, 2.45) is 0 Å². The van der Waals surface area contributed by atoms with Gasteiger partial charge in [0.2, 0.25) is 0 Å². The summed E-state index contributed by atoms with van der Waals surface area (Å²) < 4.78 is 5.76. The number of aryl methyl sites for hydroxylation is 2. The summed E-state index contributed by atoms with van der Waals surface area (Å²) in [6.07, 6.45) is 0.310. The van der Waals surface area contributed by atoms with Crippen molar-refractivity contribution in [3.8, 4) is 5.75 Å². The number of carbonyl (C=O) groups excluding carboxylic acids is 1. The number of para-hydroxylation sites is 1. The molecule has 1 unspecified atom stereocenters. The minimum Gasteiger partial charge on any atom is -0.481 e. The van der Waals surface area contributed by atoms with E-state index in [-0.39, 0.29) is 5.91 Å². The Morgan fingerprint density at radius 1 is 1.19 bits per heavy atom. The van der Waals surface area contributed by atoms with Gasteiger partial charge in [-0.2, -0.15) is 0 Å². The van der Waals surface area contributed by atoms with Gasteiger partial charge in [0.25, 0.3) is 5.91 Å². The summed E-state index contributed by atoms with van der Waals surface area (Å²) in [4.78, 5) is 14.4. The Bertz CT molecular complexity index is 711. The van der Waals surface area contributed by atoms with Gasteiger partial charge in [0.05, 0.1) is 0 Å². The standard InChI is InChI=1S/C21H27ClN2O2/c1-15-13-19(14-16(2)20(15)22)26-17(3)21(25)23-11-8-12-24(4)18-9-6-5-7-10-18/h5-7,9-10,13-14,17H,8,11-12H2,1-4H3,(H,23,25). The number of rotatable bonds is 8. The quantitative estimate of drug-likeness (QED) is 0.698. The molecule has 0 spiro atoms. The monoisotopic (exact) mass is 374 g/mol. The van der Waals surface area contributed by atoms with Crippen molar-refractivity contribution in [2.75, 3.05) is 25.0 Å². The molecule has 0 saturated carbocycles. The lowest BCUT2D eigenvalue weighted by Gasteiger charge is -2.20. The van der Waals surface area contributed by atoms with Gasteiger partial charge in [0.1, 0.15) is 5.75 Å². The summed E-state index contributed by atoms with van der Waals surface area (Å²) in [5, 5.41) is 3.67. The lowest BCUT2D eigenvalue weighted by atomic mass is 10.1. The van der Waals surface area contributed by atoms with Gasteiger partial charge in [-0.25, -0.2) is 0 Å². The molecule has 140 valence electrons. The van der Waals surface area contributed by atoms with Crippen LogP contribution in [0, 0.1) is 13.8 Å². The fourth-order valence-electron chi connectivity index (χ4n) is 2.71. The van der Waals surface area contributed by atoms with Gasteiger partial charge in [-0.3, -0.25) is 4.79 Å². The third-order valence-electron chi connectivity index (χ3n) is 4.26. The van der Waals surface area contributed by atoms with E-state index >= 15 is 0 Å². The highest BCUT2D eigenvalue weighted by molar-refractivity contribution is 6.32. The van der Waals surface area contributed by atoms with Crippen molar-refractivity contribution < 1.29 is 9.53 Å². The molecule has 0 fully saturated rings. The molecule has 0 heterocycles. The molecular formula is C21H27ClN2O2. The number of benzene rings is 2. The van der Waals surface area contributed by atoms with E-state index in [4.69, 9.17) is 16.3 Å². The number of nitrogens with one attached hydrogen (secondary N) is 1. The summed E-state index contributed by atoms with van der Waals surface area (Å²) in [7, 11) is 2.05. The smallest absolute Gasteiger partial charge is 0.260 e. The maximum Gasteiger partial charge on any atom is 0.260 e. The number of carbonyl (C=O) groups is 1. The zero-order valence-electron chi connectivity index (χ0n) is 15.9. The number of amides is 1. The first-order valence-corrected chi connectivity index (χ1v) is 9.23. The Balaban J connectivity index is 1.75. The van der Waals surface area contributed by atoms with Crippen LogP contribution in [0.15, 0.2) is 42.5 Å². The third kappa shape index (κ3) is 5.67. The number of ether oxygens (including phenoxy) is 1. The molecule has 0 bridgehead atoms. The van der Waals surface area contributed by atoms with Crippen molar-refractivity contribution >= 4 is 23.2 Å². The summed E-state index contributed by atoms with van der Waals surface area (Å²) in [6, 6.07) is 13.9. The van der Waals surface area contributed by atoms with Crippen LogP contribution in [0.4, 0.5) is 5.69 Å². The van der Waals surface area contributed by atoms with Crippen LogP contribution in [0.2, 0.25) is 5.02 Å². The number of hydrogen-bond donors (Lipinski definition) is 1. The lowest BCUT2D eigenvalue weighted by Crippen LogP contribution is -2.37. The van der Waals surface area contributed by atoms with Crippen LogP contribution in [-0.4, -0.2) is 32.1 Å². The molecule has 5 heteroatoms. The molecule has 0 aliphatic rings. The van der Waals surface area contributed by atoms with Gasteiger partial charge in [-0.1, -0.05) is 29.8 Å². The van der Waals surface area contributed by atoms with Crippen LogP contribution in [0.3, 0.4) is 0 Å². The van der Waals surface area contributed by atoms with Gasteiger partial charge in [-0.15, -0.1) is 0 Å². The topological polar surface area (TPSA) is 41.6 Å². The minimum atomic E-state index is -0.554. The Labute approximate surface area is 161 Å². The summed E-state index contributed by atoms with van der Waals surface area (Å²) >= 11 is 6.16. The SMILES string of the molecule is Cc1cc(OC(C)C(=O)NCCCN(C)c2ccccc2)cc(C)c1Cl. The van der Waals surface area contributed by atoms with Crippen molar-refractivity contribution in [1.29, 1.82) is 0 Å².